The van der Waals surface area contributed by atoms with E-state index in [1.807, 2.05) is 30.3 Å². The molecule has 5 aliphatic rings. The molecule has 1 saturated heterocycles. The predicted molar refractivity (Wildman–Crippen MR) is 108 cm³/mol. The summed E-state index contributed by atoms with van der Waals surface area (Å²) < 4.78 is 0. The lowest BCUT2D eigenvalue weighted by molar-refractivity contribution is -0.179. The highest BCUT2D eigenvalue weighted by Crippen LogP contribution is 2.59. The number of hydrogen-bond donors (Lipinski definition) is 2. The molecule has 160 valence electrons. The van der Waals surface area contributed by atoms with E-state index < -0.39 is 24.0 Å². The molecule has 4 aliphatic carbocycles. The van der Waals surface area contributed by atoms with Crippen molar-refractivity contribution in [1.82, 2.24) is 15.3 Å². The fraction of sp³-hybridized carbons (Fsp3) is 0.609. The number of nitrogens with one attached hydrogen (secondary N) is 1. The van der Waals surface area contributed by atoms with Gasteiger partial charge in [0.05, 0.1) is 6.04 Å². The van der Waals surface area contributed by atoms with Crippen molar-refractivity contribution in [2.75, 3.05) is 13.6 Å². The fourth-order valence-corrected chi connectivity index (χ4v) is 6.81. The number of amides is 3. The number of carbonyl (C=O) groups is 3. The molecule has 2 N–H and O–H groups in total. The van der Waals surface area contributed by atoms with Crippen molar-refractivity contribution >= 4 is 17.7 Å². The average molecular weight is 412 g/mol. The van der Waals surface area contributed by atoms with Gasteiger partial charge >= 0.3 is 0 Å². The first-order valence-corrected chi connectivity index (χ1v) is 11.0. The third-order valence-corrected chi connectivity index (χ3v) is 7.94. The van der Waals surface area contributed by atoms with E-state index in [0.29, 0.717) is 23.3 Å². The number of hydroxylamine groups is 2. The molecule has 4 bridgehead atoms. The van der Waals surface area contributed by atoms with E-state index in [0.717, 1.165) is 36.1 Å². The standard InChI is InChI=1S/C23H29N3O4/c1-25(30)20(27)13-26-21(28)19(12-14-5-3-2-4-6-14)24-23(22(26)29)17-8-15-7-16(10-17)11-18(23)9-15/h2-6,15-19,24,30H,7-13H2,1H3/t15?,16?,17?,18?,19-,23?/m0/s1. The summed E-state index contributed by atoms with van der Waals surface area (Å²) in [6.45, 7) is -0.411. The molecule has 5 fully saturated rings. The number of carbonyl (C=O) groups excluding carboxylic acids is 3. The Balaban J connectivity index is 1.51. The number of likely N-dealkylation sites (N-methyl/N-ethyl adjacent to an activating group) is 1. The second-order valence-electron chi connectivity index (χ2n) is 9.71. The van der Waals surface area contributed by atoms with Crippen LogP contribution in [0, 0.1) is 23.7 Å². The van der Waals surface area contributed by atoms with Crippen LogP contribution in [0.2, 0.25) is 0 Å². The highest BCUT2D eigenvalue weighted by atomic mass is 16.5. The van der Waals surface area contributed by atoms with Crippen LogP contribution in [0.4, 0.5) is 0 Å². The molecule has 3 amide bonds. The maximum atomic E-state index is 13.8. The molecular formula is C23H29N3O4. The van der Waals surface area contributed by atoms with E-state index >= 15 is 0 Å². The molecule has 6 rings (SSSR count). The molecule has 1 atom stereocenters. The predicted octanol–water partition coefficient (Wildman–Crippen LogP) is 1.60. The summed E-state index contributed by atoms with van der Waals surface area (Å²) >= 11 is 0. The molecular weight excluding hydrogens is 382 g/mol. The summed E-state index contributed by atoms with van der Waals surface area (Å²) in [5.41, 5.74) is 0.247. The lowest BCUT2D eigenvalue weighted by Crippen LogP contribution is -2.79. The molecule has 0 unspecified atom stereocenters. The molecule has 4 saturated carbocycles. The van der Waals surface area contributed by atoms with E-state index in [1.54, 1.807) is 0 Å². The lowest BCUT2D eigenvalue weighted by atomic mass is 9.47. The highest BCUT2D eigenvalue weighted by Gasteiger charge is 2.65. The Morgan fingerprint density at radius 3 is 2.27 bits per heavy atom. The minimum absolute atomic E-state index is 0.206. The van der Waals surface area contributed by atoms with Gasteiger partial charge < -0.3 is 0 Å². The summed E-state index contributed by atoms with van der Waals surface area (Å²) in [5.74, 6) is 0.470. The van der Waals surface area contributed by atoms with Crippen LogP contribution in [0.3, 0.4) is 0 Å². The van der Waals surface area contributed by atoms with Crippen LogP contribution in [0.25, 0.3) is 0 Å². The summed E-state index contributed by atoms with van der Waals surface area (Å²) in [7, 11) is 1.22. The van der Waals surface area contributed by atoms with Crippen molar-refractivity contribution in [3.05, 3.63) is 35.9 Å². The topological polar surface area (TPSA) is 89.9 Å². The van der Waals surface area contributed by atoms with Crippen LogP contribution in [-0.4, -0.2) is 58.1 Å². The quantitative estimate of drug-likeness (QED) is 0.446. The molecule has 30 heavy (non-hydrogen) atoms. The van der Waals surface area contributed by atoms with E-state index in [1.165, 1.54) is 13.5 Å². The zero-order valence-corrected chi connectivity index (χ0v) is 17.3. The van der Waals surface area contributed by atoms with Crippen LogP contribution in [-0.2, 0) is 20.8 Å². The van der Waals surface area contributed by atoms with Crippen molar-refractivity contribution in [3.63, 3.8) is 0 Å². The van der Waals surface area contributed by atoms with Gasteiger partial charge in [-0.15, -0.1) is 0 Å². The number of piperazine rings is 1. The van der Waals surface area contributed by atoms with Crippen molar-refractivity contribution in [2.24, 2.45) is 23.7 Å². The fourth-order valence-electron chi connectivity index (χ4n) is 6.81. The third kappa shape index (κ3) is 2.98. The number of rotatable bonds is 4. The zero-order chi connectivity index (χ0) is 21.0. The molecule has 0 radical (unpaired) electrons. The maximum Gasteiger partial charge on any atom is 0.265 e. The molecule has 1 aromatic rings. The van der Waals surface area contributed by atoms with Gasteiger partial charge in [0.2, 0.25) is 5.91 Å². The minimum atomic E-state index is -0.769. The van der Waals surface area contributed by atoms with Gasteiger partial charge in [0.1, 0.15) is 12.1 Å². The van der Waals surface area contributed by atoms with Gasteiger partial charge in [-0.05, 0) is 67.8 Å². The van der Waals surface area contributed by atoms with E-state index in [4.69, 9.17) is 0 Å². The van der Waals surface area contributed by atoms with Crippen LogP contribution in [0.1, 0.15) is 37.7 Å². The first-order valence-electron chi connectivity index (χ1n) is 11.0. The number of hydrogen-bond acceptors (Lipinski definition) is 5. The van der Waals surface area contributed by atoms with Gasteiger partial charge in [-0.1, -0.05) is 30.3 Å². The maximum absolute atomic E-state index is 13.8. The van der Waals surface area contributed by atoms with Crippen molar-refractivity contribution in [2.45, 2.75) is 50.1 Å². The summed E-state index contributed by atoms with van der Waals surface area (Å²) in [5, 5.41) is 13.6. The van der Waals surface area contributed by atoms with Gasteiger partial charge in [0.25, 0.3) is 11.8 Å². The summed E-state index contributed by atoms with van der Waals surface area (Å²) in [6.07, 6.45) is 5.79. The van der Waals surface area contributed by atoms with E-state index in [9.17, 15) is 19.6 Å². The van der Waals surface area contributed by atoms with Gasteiger partial charge in [-0.3, -0.25) is 29.8 Å². The van der Waals surface area contributed by atoms with Crippen molar-refractivity contribution < 1.29 is 19.6 Å². The average Bonchev–Trinajstić information content (AvgIpc) is 2.72. The molecule has 1 aromatic carbocycles. The van der Waals surface area contributed by atoms with E-state index in [-0.39, 0.29) is 23.7 Å². The van der Waals surface area contributed by atoms with Crippen molar-refractivity contribution in [3.8, 4) is 0 Å². The summed E-state index contributed by atoms with van der Waals surface area (Å²) in [4.78, 5) is 40.5. The second-order valence-corrected chi connectivity index (χ2v) is 9.71. The smallest absolute Gasteiger partial charge is 0.265 e. The Kier molecular flexibility index (Phi) is 4.71. The van der Waals surface area contributed by atoms with Crippen LogP contribution in [0.15, 0.2) is 30.3 Å². The molecule has 1 aliphatic heterocycles. The van der Waals surface area contributed by atoms with Crippen LogP contribution < -0.4 is 5.32 Å². The second kappa shape index (κ2) is 7.17. The Hall–Kier alpha value is -2.25. The van der Waals surface area contributed by atoms with Gasteiger partial charge in [0.15, 0.2) is 0 Å². The largest absolute Gasteiger partial charge is 0.291 e. The normalized spacial score (nSPS) is 37.1. The molecule has 0 aromatic heterocycles. The third-order valence-electron chi connectivity index (χ3n) is 7.94. The SMILES string of the molecule is CN(O)C(=O)CN1C(=O)[C@H](Cc2ccccc2)NC2(C1=O)C1CC3CC(C1)CC2C3. The highest BCUT2D eigenvalue weighted by molar-refractivity contribution is 6.07. The summed E-state index contributed by atoms with van der Waals surface area (Å²) in [6, 6.07) is 9.21. The zero-order valence-electron chi connectivity index (χ0n) is 17.3. The minimum Gasteiger partial charge on any atom is -0.291 e. The van der Waals surface area contributed by atoms with Crippen LogP contribution >= 0.6 is 0 Å². The number of benzene rings is 1. The first kappa shape index (κ1) is 19.7. The molecule has 7 heteroatoms. The van der Waals surface area contributed by atoms with Gasteiger partial charge in [0, 0.05) is 7.05 Å². The van der Waals surface area contributed by atoms with Crippen molar-refractivity contribution in [1.29, 1.82) is 0 Å². The Morgan fingerprint density at radius 2 is 1.70 bits per heavy atom. The Bertz CT molecular complexity index is 840. The number of nitrogens with zero attached hydrogens (tertiary/aromatic N) is 2. The van der Waals surface area contributed by atoms with Crippen LogP contribution in [0.5, 0.6) is 0 Å². The number of imide groups is 1. The first-order chi connectivity index (χ1) is 14.4. The monoisotopic (exact) mass is 411 g/mol. The molecule has 1 spiro atoms. The molecule has 7 nitrogen and oxygen atoms in total. The Labute approximate surface area is 176 Å². The van der Waals surface area contributed by atoms with Gasteiger partial charge in [-0.25, -0.2) is 5.06 Å². The lowest BCUT2D eigenvalue weighted by Gasteiger charge is -2.63. The van der Waals surface area contributed by atoms with Gasteiger partial charge in [-0.2, -0.15) is 0 Å². The Morgan fingerprint density at radius 1 is 1.10 bits per heavy atom. The van der Waals surface area contributed by atoms with E-state index in [2.05, 4.69) is 5.32 Å². The molecule has 1 heterocycles.